The van der Waals surface area contributed by atoms with Crippen LogP contribution in [-0.2, 0) is 12.8 Å². The highest BCUT2D eigenvalue weighted by atomic mass is 16.5. The Morgan fingerprint density at radius 3 is 1.76 bits per heavy atom. The van der Waals surface area contributed by atoms with Crippen LogP contribution in [0.15, 0.2) is 6.07 Å². The number of aromatic carboxylic acids is 1. The van der Waals surface area contributed by atoms with E-state index in [1.54, 1.807) is 0 Å². The molecule has 0 aliphatic carbocycles. The molecule has 0 saturated heterocycles. The van der Waals surface area contributed by atoms with E-state index in [2.05, 4.69) is 0 Å². The van der Waals surface area contributed by atoms with E-state index >= 15 is 0 Å². The van der Waals surface area contributed by atoms with Crippen LogP contribution in [0.1, 0.15) is 35.3 Å². The number of methoxy groups -OCH3 is 2. The molecule has 0 fully saturated rings. The van der Waals surface area contributed by atoms with Gasteiger partial charge in [-0.05, 0) is 30.0 Å². The SMILES string of the molecule is CCc1cc(CC)c(OC)c(C(=O)O)c1OC. The molecular weight excluding hydrogens is 220 g/mol. The first-order chi connectivity index (χ1) is 8.10. The maximum absolute atomic E-state index is 11.3. The molecule has 0 amide bonds. The van der Waals surface area contributed by atoms with Gasteiger partial charge < -0.3 is 14.6 Å². The second-order valence-corrected chi connectivity index (χ2v) is 3.65. The van der Waals surface area contributed by atoms with Gasteiger partial charge in [-0.1, -0.05) is 13.8 Å². The maximum Gasteiger partial charge on any atom is 0.343 e. The number of hydrogen-bond acceptors (Lipinski definition) is 3. The van der Waals surface area contributed by atoms with Crippen molar-refractivity contribution in [2.45, 2.75) is 26.7 Å². The predicted octanol–water partition coefficient (Wildman–Crippen LogP) is 2.53. The van der Waals surface area contributed by atoms with Crippen LogP contribution in [-0.4, -0.2) is 25.3 Å². The summed E-state index contributed by atoms with van der Waals surface area (Å²) in [5.41, 5.74) is 1.90. The zero-order chi connectivity index (χ0) is 13.0. The predicted molar refractivity (Wildman–Crippen MR) is 65.3 cm³/mol. The van der Waals surface area contributed by atoms with E-state index in [4.69, 9.17) is 9.47 Å². The number of carboxylic acid groups (broad SMARTS) is 1. The third kappa shape index (κ3) is 2.35. The normalized spacial score (nSPS) is 10.1. The summed E-state index contributed by atoms with van der Waals surface area (Å²) in [7, 11) is 2.96. The molecular formula is C13H18O4. The highest BCUT2D eigenvalue weighted by Gasteiger charge is 2.23. The van der Waals surface area contributed by atoms with Crippen molar-refractivity contribution in [1.29, 1.82) is 0 Å². The molecule has 1 aromatic rings. The summed E-state index contributed by atoms with van der Waals surface area (Å²) in [6.45, 7) is 3.94. The summed E-state index contributed by atoms with van der Waals surface area (Å²) in [6.07, 6.45) is 1.45. The second-order valence-electron chi connectivity index (χ2n) is 3.65. The Morgan fingerprint density at radius 1 is 1.12 bits per heavy atom. The van der Waals surface area contributed by atoms with Crippen LogP contribution in [0.4, 0.5) is 0 Å². The minimum atomic E-state index is -1.02. The van der Waals surface area contributed by atoms with Crippen molar-refractivity contribution < 1.29 is 19.4 Å². The molecule has 0 aromatic heterocycles. The van der Waals surface area contributed by atoms with Crippen molar-refractivity contribution in [2.75, 3.05) is 14.2 Å². The molecule has 0 atom stereocenters. The Morgan fingerprint density at radius 2 is 1.53 bits per heavy atom. The highest BCUT2D eigenvalue weighted by molar-refractivity contribution is 5.95. The van der Waals surface area contributed by atoms with E-state index < -0.39 is 5.97 Å². The molecule has 0 unspecified atom stereocenters. The molecule has 0 heterocycles. The van der Waals surface area contributed by atoms with Crippen molar-refractivity contribution in [3.63, 3.8) is 0 Å². The van der Waals surface area contributed by atoms with E-state index in [0.29, 0.717) is 11.5 Å². The van der Waals surface area contributed by atoms with E-state index in [1.807, 2.05) is 19.9 Å². The molecule has 1 aromatic carbocycles. The van der Waals surface area contributed by atoms with Crippen molar-refractivity contribution >= 4 is 5.97 Å². The lowest BCUT2D eigenvalue weighted by Crippen LogP contribution is -2.08. The molecule has 1 N–H and O–H groups in total. The molecule has 0 spiro atoms. The van der Waals surface area contributed by atoms with Gasteiger partial charge in [0.05, 0.1) is 14.2 Å². The summed E-state index contributed by atoms with van der Waals surface area (Å²) in [5, 5.41) is 9.29. The van der Waals surface area contributed by atoms with Gasteiger partial charge in [-0.25, -0.2) is 4.79 Å². The van der Waals surface area contributed by atoms with Crippen LogP contribution >= 0.6 is 0 Å². The van der Waals surface area contributed by atoms with Crippen LogP contribution in [0.25, 0.3) is 0 Å². The van der Waals surface area contributed by atoms with E-state index in [1.165, 1.54) is 14.2 Å². The van der Waals surface area contributed by atoms with Gasteiger partial charge in [0.1, 0.15) is 17.1 Å². The standard InChI is InChI=1S/C13H18O4/c1-5-8-7-9(6-2)12(17-4)10(13(14)15)11(8)16-3/h7H,5-6H2,1-4H3,(H,14,15). The first kappa shape index (κ1) is 13.4. The fraction of sp³-hybridized carbons (Fsp3) is 0.462. The van der Waals surface area contributed by atoms with Gasteiger partial charge in [-0.15, -0.1) is 0 Å². The number of carbonyl (C=O) groups is 1. The quantitative estimate of drug-likeness (QED) is 0.856. The van der Waals surface area contributed by atoms with Crippen LogP contribution in [0.3, 0.4) is 0 Å². The van der Waals surface area contributed by atoms with Gasteiger partial charge in [0, 0.05) is 0 Å². The topological polar surface area (TPSA) is 55.8 Å². The Labute approximate surface area is 101 Å². The number of aryl methyl sites for hydroxylation is 2. The Hall–Kier alpha value is -1.71. The summed E-state index contributed by atoms with van der Waals surface area (Å²) in [6, 6.07) is 1.95. The van der Waals surface area contributed by atoms with E-state index in [9.17, 15) is 9.90 Å². The smallest absolute Gasteiger partial charge is 0.343 e. The number of carboxylic acids is 1. The molecule has 0 saturated carbocycles. The fourth-order valence-electron chi connectivity index (χ4n) is 1.95. The van der Waals surface area contributed by atoms with Gasteiger partial charge in [0.2, 0.25) is 0 Å². The second kappa shape index (κ2) is 5.57. The van der Waals surface area contributed by atoms with Gasteiger partial charge in [-0.2, -0.15) is 0 Å². The third-order valence-electron chi connectivity index (χ3n) is 2.77. The average molecular weight is 238 g/mol. The monoisotopic (exact) mass is 238 g/mol. The van der Waals surface area contributed by atoms with Crippen molar-refractivity contribution in [3.05, 3.63) is 22.8 Å². The zero-order valence-electron chi connectivity index (χ0n) is 10.7. The molecule has 0 bridgehead atoms. The lowest BCUT2D eigenvalue weighted by Gasteiger charge is -2.17. The number of rotatable bonds is 5. The summed E-state index contributed by atoms with van der Waals surface area (Å²) < 4.78 is 10.4. The van der Waals surface area contributed by atoms with E-state index in [-0.39, 0.29) is 5.56 Å². The van der Waals surface area contributed by atoms with Crippen LogP contribution in [0.2, 0.25) is 0 Å². The molecule has 1 rings (SSSR count). The van der Waals surface area contributed by atoms with Gasteiger partial charge >= 0.3 is 5.97 Å². The van der Waals surface area contributed by atoms with Gasteiger partial charge in [0.15, 0.2) is 0 Å². The largest absolute Gasteiger partial charge is 0.495 e. The molecule has 94 valence electrons. The van der Waals surface area contributed by atoms with Crippen LogP contribution in [0.5, 0.6) is 11.5 Å². The summed E-state index contributed by atoms with van der Waals surface area (Å²) in [5.74, 6) is -0.230. The Balaban J connectivity index is 3.63. The summed E-state index contributed by atoms with van der Waals surface area (Å²) in [4.78, 5) is 11.3. The minimum absolute atomic E-state index is 0.117. The minimum Gasteiger partial charge on any atom is -0.495 e. The molecule has 0 radical (unpaired) electrons. The molecule has 17 heavy (non-hydrogen) atoms. The maximum atomic E-state index is 11.3. The fourth-order valence-corrected chi connectivity index (χ4v) is 1.95. The number of benzene rings is 1. The Kier molecular flexibility index (Phi) is 4.37. The van der Waals surface area contributed by atoms with Gasteiger partial charge in [-0.3, -0.25) is 0 Å². The molecule has 4 nitrogen and oxygen atoms in total. The van der Waals surface area contributed by atoms with Crippen molar-refractivity contribution in [1.82, 2.24) is 0 Å². The first-order valence-corrected chi connectivity index (χ1v) is 5.60. The molecule has 0 aliphatic heterocycles. The van der Waals surface area contributed by atoms with Crippen molar-refractivity contribution in [3.8, 4) is 11.5 Å². The van der Waals surface area contributed by atoms with Gasteiger partial charge in [0.25, 0.3) is 0 Å². The molecule has 0 aliphatic rings. The lowest BCUT2D eigenvalue weighted by molar-refractivity contribution is 0.0689. The van der Waals surface area contributed by atoms with Crippen LogP contribution in [0, 0.1) is 0 Å². The number of hydrogen-bond donors (Lipinski definition) is 1. The average Bonchev–Trinajstić information content (AvgIpc) is 2.35. The third-order valence-corrected chi connectivity index (χ3v) is 2.77. The first-order valence-electron chi connectivity index (χ1n) is 5.60. The number of ether oxygens (including phenoxy) is 2. The van der Waals surface area contributed by atoms with Crippen molar-refractivity contribution in [2.24, 2.45) is 0 Å². The Bertz CT molecular complexity index is 394. The van der Waals surface area contributed by atoms with Crippen LogP contribution < -0.4 is 9.47 Å². The summed E-state index contributed by atoms with van der Waals surface area (Å²) >= 11 is 0. The van der Waals surface area contributed by atoms with E-state index in [0.717, 1.165) is 24.0 Å². The molecule has 4 heteroatoms. The highest BCUT2D eigenvalue weighted by Crippen LogP contribution is 2.36. The zero-order valence-corrected chi connectivity index (χ0v) is 10.7. The lowest BCUT2D eigenvalue weighted by atomic mass is 9.99.